The SMILES string of the molecule is CN(C(=O)OCC1c2ccccc2-c2ccccc21)[C@@H](Cc1ccc2cccnc2c1)C(=O)O. The normalized spacial score (nSPS) is 13.2. The molecule has 3 aromatic carbocycles. The van der Waals surface area contributed by atoms with E-state index in [9.17, 15) is 14.7 Å². The number of carboxylic acid groups (broad SMARTS) is 1. The minimum atomic E-state index is -1.09. The molecular weight excluding hydrogens is 428 g/mol. The van der Waals surface area contributed by atoms with Gasteiger partial charge in [-0.25, -0.2) is 9.59 Å². The van der Waals surface area contributed by atoms with Crippen LogP contribution in [0.3, 0.4) is 0 Å². The molecule has 1 amide bonds. The Morgan fingerprint density at radius 2 is 1.65 bits per heavy atom. The Kier molecular flexibility index (Phi) is 5.72. The molecule has 6 nitrogen and oxygen atoms in total. The average Bonchev–Trinajstić information content (AvgIpc) is 3.19. The molecule has 170 valence electrons. The first-order valence-electron chi connectivity index (χ1n) is 11.2. The van der Waals surface area contributed by atoms with Crippen molar-refractivity contribution in [1.29, 1.82) is 0 Å². The van der Waals surface area contributed by atoms with Crippen LogP contribution in [-0.4, -0.2) is 46.7 Å². The number of rotatable bonds is 6. The molecule has 0 fully saturated rings. The Morgan fingerprint density at radius 3 is 2.32 bits per heavy atom. The number of amides is 1. The second-order valence-electron chi connectivity index (χ2n) is 8.50. The van der Waals surface area contributed by atoms with Gasteiger partial charge in [0.05, 0.1) is 5.52 Å². The van der Waals surface area contributed by atoms with E-state index in [-0.39, 0.29) is 18.9 Å². The number of hydrogen-bond acceptors (Lipinski definition) is 4. The first-order valence-corrected chi connectivity index (χ1v) is 11.2. The van der Waals surface area contributed by atoms with E-state index in [1.165, 1.54) is 7.05 Å². The third-order valence-corrected chi connectivity index (χ3v) is 6.48. The van der Waals surface area contributed by atoms with Crippen molar-refractivity contribution in [1.82, 2.24) is 9.88 Å². The van der Waals surface area contributed by atoms with Gasteiger partial charge in [-0.3, -0.25) is 9.88 Å². The number of hydrogen-bond donors (Lipinski definition) is 1. The molecule has 0 spiro atoms. The van der Waals surface area contributed by atoms with Crippen LogP contribution in [0.2, 0.25) is 0 Å². The summed E-state index contributed by atoms with van der Waals surface area (Å²) in [4.78, 5) is 30.4. The van der Waals surface area contributed by atoms with Gasteiger partial charge in [0.1, 0.15) is 12.6 Å². The van der Waals surface area contributed by atoms with E-state index in [0.29, 0.717) is 0 Å². The number of aromatic nitrogens is 1. The van der Waals surface area contributed by atoms with Gasteiger partial charge in [0.2, 0.25) is 0 Å². The van der Waals surface area contributed by atoms with E-state index in [1.54, 1.807) is 6.20 Å². The van der Waals surface area contributed by atoms with Crippen LogP contribution in [0, 0.1) is 0 Å². The Morgan fingerprint density at radius 1 is 0.971 bits per heavy atom. The minimum Gasteiger partial charge on any atom is -0.480 e. The second-order valence-corrected chi connectivity index (χ2v) is 8.50. The van der Waals surface area contributed by atoms with Gasteiger partial charge < -0.3 is 9.84 Å². The van der Waals surface area contributed by atoms with Crippen molar-refractivity contribution in [2.75, 3.05) is 13.7 Å². The largest absolute Gasteiger partial charge is 0.480 e. The van der Waals surface area contributed by atoms with Gasteiger partial charge in [-0.2, -0.15) is 0 Å². The van der Waals surface area contributed by atoms with Crippen LogP contribution in [0.4, 0.5) is 4.79 Å². The quantitative estimate of drug-likeness (QED) is 0.440. The lowest BCUT2D eigenvalue weighted by Gasteiger charge is -2.25. The number of carbonyl (C=O) groups is 2. The highest BCUT2D eigenvalue weighted by atomic mass is 16.6. The predicted molar refractivity (Wildman–Crippen MR) is 130 cm³/mol. The highest BCUT2D eigenvalue weighted by Gasteiger charge is 2.32. The van der Waals surface area contributed by atoms with Crippen molar-refractivity contribution in [3.63, 3.8) is 0 Å². The van der Waals surface area contributed by atoms with Gasteiger partial charge in [-0.05, 0) is 39.9 Å². The average molecular weight is 453 g/mol. The summed E-state index contributed by atoms with van der Waals surface area (Å²) in [6.07, 6.45) is 1.19. The van der Waals surface area contributed by atoms with Crippen LogP contribution in [0.25, 0.3) is 22.0 Å². The number of fused-ring (bicyclic) bond motifs is 4. The van der Waals surface area contributed by atoms with Crippen LogP contribution >= 0.6 is 0 Å². The molecule has 6 heteroatoms. The van der Waals surface area contributed by atoms with Gasteiger partial charge >= 0.3 is 12.1 Å². The lowest BCUT2D eigenvalue weighted by atomic mass is 9.98. The van der Waals surface area contributed by atoms with Crippen LogP contribution in [0.5, 0.6) is 0 Å². The number of likely N-dealkylation sites (N-methyl/N-ethyl adjacent to an activating group) is 1. The maximum absolute atomic E-state index is 12.9. The lowest BCUT2D eigenvalue weighted by Crippen LogP contribution is -2.44. The molecule has 1 heterocycles. The minimum absolute atomic E-state index is 0.0837. The van der Waals surface area contributed by atoms with Gasteiger partial charge in [-0.15, -0.1) is 0 Å². The van der Waals surface area contributed by atoms with E-state index in [1.807, 2.05) is 66.7 Å². The number of benzene rings is 3. The van der Waals surface area contributed by atoms with Crippen LogP contribution in [-0.2, 0) is 16.0 Å². The summed E-state index contributed by atoms with van der Waals surface area (Å²) in [5.41, 5.74) is 6.07. The van der Waals surface area contributed by atoms with Crippen molar-refractivity contribution in [3.8, 4) is 11.1 Å². The van der Waals surface area contributed by atoms with Crippen molar-refractivity contribution in [2.45, 2.75) is 18.4 Å². The summed E-state index contributed by atoms with van der Waals surface area (Å²) in [7, 11) is 1.47. The Hall–Kier alpha value is -4.19. The Balaban J connectivity index is 1.31. The summed E-state index contributed by atoms with van der Waals surface area (Å²) in [6, 6.07) is 24.6. The van der Waals surface area contributed by atoms with Crippen molar-refractivity contribution >= 4 is 23.0 Å². The molecule has 0 saturated heterocycles. The number of aliphatic carboxylic acids is 1. The molecule has 1 N–H and O–H groups in total. The van der Waals surface area contributed by atoms with E-state index in [2.05, 4.69) is 17.1 Å². The Labute approximate surface area is 197 Å². The summed E-state index contributed by atoms with van der Waals surface area (Å²) in [5.74, 6) is -1.17. The fourth-order valence-electron chi connectivity index (χ4n) is 4.68. The molecule has 1 aliphatic carbocycles. The van der Waals surface area contributed by atoms with Crippen molar-refractivity contribution < 1.29 is 19.4 Å². The van der Waals surface area contributed by atoms with Crippen LogP contribution < -0.4 is 0 Å². The second kappa shape index (κ2) is 8.98. The zero-order valence-electron chi connectivity index (χ0n) is 18.7. The van der Waals surface area contributed by atoms with Crippen LogP contribution in [0.15, 0.2) is 85.1 Å². The zero-order valence-corrected chi connectivity index (χ0v) is 18.7. The molecular formula is C28H24N2O4. The van der Waals surface area contributed by atoms with Gasteiger partial charge in [-0.1, -0.05) is 66.7 Å². The zero-order chi connectivity index (χ0) is 23.7. The summed E-state index contributed by atoms with van der Waals surface area (Å²) >= 11 is 0. The summed E-state index contributed by atoms with van der Waals surface area (Å²) < 4.78 is 5.65. The molecule has 4 aromatic rings. The van der Waals surface area contributed by atoms with Gasteiger partial charge in [0.15, 0.2) is 0 Å². The number of carboxylic acids is 1. The number of ether oxygens (including phenoxy) is 1. The topological polar surface area (TPSA) is 79.7 Å². The first kappa shape index (κ1) is 21.6. The number of carbonyl (C=O) groups excluding carboxylic acids is 1. The lowest BCUT2D eigenvalue weighted by molar-refractivity contribution is -0.142. The van der Waals surface area contributed by atoms with Crippen molar-refractivity contribution in [3.05, 3.63) is 102 Å². The van der Waals surface area contributed by atoms with E-state index in [0.717, 1.165) is 43.6 Å². The predicted octanol–water partition coefficient (Wildman–Crippen LogP) is 5.11. The van der Waals surface area contributed by atoms with E-state index in [4.69, 9.17) is 4.74 Å². The highest BCUT2D eigenvalue weighted by Crippen LogP contribution is 2.44. The molecule has 0 saturated carbocycles. The molecule has 5 rings (SSSR count). The van der Waals surface area contributed by atoms with E-state index >= 15 is 0 Å². The van der Waals surface area contributed by atoms with Gasteiger partial charge in [0.25, 0.3) is 0 Å². The monoisotopic (exact) mass is 452 g/mol. The molecule has 1 aromatic heterocycles. The maximum Gasteiger partial charge on any atom is 0.410 e. The standard InChI is InChI=1S/C28H24N2O4/c1-30(26(27(31)32)16-18-12-13-19-7-6-14-29-25(19)15-18)28(33)34-17-24-22-10-4-2-8-20(22)21-9-3-5-11-23(21)24/h2-15,24,26H,16-17H2,1H3,(H,31,32)/t26-/m0/s1. The fraction of sp³-hybridized carbons (Fsp3) is 0.179. The molecule has 0 radical (unpaired) electrons. The molecule has 0 unspecified atom stereocenters. The fourth-order valence-corrected chi connectivity index (χ4v) is 4.68. The van der Waals surface area contributed by atoms with Crippen LogP contribution in [0.1, 0.15) is 22.6 Å². The third-order valence-electron chi connectivity index (χ3n) is 6.48. The first-order chi connectivity index (χ1) is 16.5. The molecule has 34 heavy (non-hydrogen) atoms. The molecule has 0 bridgehead atoms. The molecule has 1 atom stereocenters. The number of pyridine rings is 1. The Bertz CT molecular complexity index is 1340. The smallest absolute Gasteiger partial charge is 0.410 e. The van der Waals surface area contributed by atoms with E-state index < -0.39 is 18.1 Å². The molecule has 0 aliphatic heterocycles. The maximum atomic E-state index is 12.9. The van der Waals surface area contributed by atoms with Gasteiger partial charge in [0, 0.05) is 31.0 Å². The number of nitrogens with zero attached hydrogens (tertiary/aromatic N) is 2. The third kappa shape index (κ3) is 3.99. The highest BCUT2D eigenvalue weighted by molar-refractivity contribution is 5.82. The summed E-state index contributed by atoms with van der Waals surface area (Å²) in [5, 5.41) is 10.8. The van der Waals surface area contributed by atoms with Crippen molar-refractivity contribution in [2.24, 2.45) is 0 Å². The molecule has 1 aliphatic rings. The summed E-state index contributed by atoms with van der Waals surface area (Å²) in [6.45, 7) is 0.142.